The van der Waals surface area contributed by atoms with Crippen LogP contribution in [0.4, 0.5) is 5.69 Å². The van der Waals surface area contributed by atoms with E-state index in [2.05, 4.69) is 54.7 Å². The van der Waals surface area contributed by atoms with Crippen molar-refractivity contribution in [3.05, 3.63) is 42.6 Å². The molecule has 0 spiro atoms. The van der Waals surface area contributed by atoms with Crippen LogP contribution >= 0.6 is 0 Å². The third-order valence-corrected chi connectivity index (χ3v) is 2.64. The van der Waals surface area contributed by atoms with Gasteiger partial charge in [0.25, 0.3) is 0 Å². The van der Waals surface area contributed by atoms with Gasteiger partial charge in [0.05, 0.1) is 5.69 Å². The zero-order valence-corrected chi connectivity index (χ0v) is 10.5. The van der Waals surface area contributed by atoms with Crippen molar-refractivity contribution in [2.45, 2.75) is 33.4 Å². The van der Waals surface area contributed by atoms with Crippen LogP contribution in [-0.2, 0) is 0 Å². The van der Waals surface area contributed by atoms with E-state index in [-0.39, 0.29) is 0 Å². The number of para-hydroxylation sites is 1. The summed E-state index contributed by atoms with van der Waals surface area (Å²) < 4.78 is 0. The summed E-state index contributed by atoms with van der Waals surface area (Å²) in [7, 11) is 0. The molecule has 0 heterocycles. The Morgan fingerprint density at radius 2 is 1.81 bits per heavy atom. The third-order valence-electron chi connectivity index (χ3n) is 2.64. The first-order valence-electron chi connectivity index (χ1n) is 6.05. The highest BCUT2D eigenvalue weighted by atomic mass is 15.5. The zero-order chi connectivity index (χ0) is 11.8. The van der Waals surface area contributed by atoms with E-state index in [9.17, 15) is 0 Å². The van der Waals surface area contributed by atoms with Gasteiger partial charge in [0.2, 0.25) is 6.85 Å². The molecular formula is C13H21BN2. The van der Waals surface area contributed by atoms with Gasteiger partial charge in [-0.3, -0.25) is 10.3 Å². The molecule has 3 heteroatoms. The minimum atomic E-state index is 0.524. The standard InChI is InChI=1S/C13H21BN2/c1-4-12-16(15-14(5-2)6-3)13-10-8-7-9-11-13/h4,7-12,15H,5-6H2,1-3H3/b12-4-. The van der Waals surface area contributed by atoms with Gasteiger partial charge in [0.15, 0.2) is 0 Å². The molecule has 0 aliphatic heterocycles. The third kappa shape index (κ3) is 3.74. The Balaban J connectivity index is 2.75. The summed E-state index contributed by atoms with van der Waals surface area (Å²) in [5.74, 6) is 0. The first kappa shape index (κ1) is 12.9. The summed E-state index contributed by atoms with van der Waals surface area (Å²) in [5.41, 5.74) is 1.17. The number of allylic oxidation sites excluding steroid dienone is 1. The highest BCUT2D eigenvalue weighted by Gasteiger charge is 2.12. The van der Waals surface area contributed by atoms with Crippen LogP contribution in [0.15, 0.2) is 42.6 Å². The van der Waals surface area contributed by atoms with E-state index >= 15 is 0 Å². The summed E-state index contributed by atoms with van der Waals surface area (Å²) in [4.78, 5) is 0. The number of hydrazine groups is 1. The Hall–Kier alpha value is -1.22. The number of anilines is 1. The summed E-state index contributed by atoms with van der Waals surface area (Å²) >= 11 is 0. The largest absolute Gasteiger partial charge is 0.295 e. The molecule has 2 nitrogen and oxygen atoms in total. The maximum atomic E-state index is 3.52. The number of nitrogens with one attached hydrogen (secondary N) is 1. The van der Waals surface area contributed by atoms with E-state index < -0.39 is 0 Å². The average Bonchev–Trinajstić information content (AvgIpc) is 2.35. The second kappa shape index (κ2) is 7.12. The lowest BCUT2D eigenvalue weighted by Gasteiger charge is -2.25. The molecule has 1 aromatic rings. The van der Waals surface area contributed by atoms with Crippen LogP contribution < -0.4 is 10.3 Å². The van der Waals surface area contributed by atoms with E-state index in [1.54, 1.807) is 0 Å². The SMILES string of the molecule is C/C=C\N(NB(CC)CC)c1ccccc1. The van der Waals surface area contributed by atoms with Crippen LogP contribution in [0, 0.1) is 0 Å². The van der Waals surface area contributed by atoms with E-state index in [1.807, 2.05) is 19.1 Å². The molecule has 16 heavy (non-hydrogen) atoms. The number of hydrogen-bond acceptors (Lipinski definition) is 2. The normalized spacial score (nSPS) is 10.7. The summed E-state index contributed by atoms with van der Waals surface area (Å²) in [6.45, 7) is 6.97. The van der Waals surface area contributed by atoms with Crippen molar-refractivity contribution in [3.63, 3.8) is 0 Å². The Morgan fingerprint density at radius 1 is 1.19 bits per heavy atom. The van der Waals surface area contributed by atoms with Crippen LogP contribution in [0.3, 0.4) is 0 Å². The molecule has 0 aliphatic carbocycles. The lowest BCUT2D eigenvalue weighted by molar-refractivity contribution is 0.919. The van der Waals surface area contributed by atoms with Gasteiger partial charge in [0.1, 0.15) is 0 Å². The number of nitrogens with zero attached hydrogens (tertiary/aromatic N) is 1. The van der Waals surface area contributed by atoms with Crippen LogP contribution in [0.5, 0.6) is 0 Å². The monoisotopic (exact) mass is 216 g/mol. The lowest BCUT2D eigenvalue weighted by Crippen LogP contribution is -2.44. The van der Waals surface area contributed by atoms with Gasteiger partial charge in [-0.05, 0) is 19.1 Å². The van der Waals surface area contributed by atoms with Crippen LogP contribution in [0.1, 0.15) is 20.8 Å². The molecule has 0 saturated carbocycles. The van der Waals surface area contributed by atoms with Gasteiger partial charge < -0.3 is 0 Å². The van der Waals surface area contributed by atoms with Gasteiger partial charge in [-0.2, -0.15) is 0 Å². The molecule has 0 aromatic heterocycles. The topological polar surface area (TPSA) is 15.3 Å². The highest BCUT2D eigenvalue weighted by molar-refractivity contribution is 6.56. The molecular weight excluding hydrogens is 195 g/mol. The van der Waals surface area contributed by atoms with Crippen molar-refractivity contribution in [1.82, 2.24) is 5.34 Å². The first-order valence-corrected chi connectivity index (χ1v) is 6.05. The second-order valence-corrected chi connectivity index (χ2v) is 3.83. The number of hydrogen-bond donors (Lipinski definition) is 1. The fourth-order valence-electron chi connectivity index (χ4n) is 1.61. The molecule has 1 rings (SSSR count). The molecule has 86 valence electrons. The predicted octanol–water partition coefficient (Wildman–Crippen LogP) is 3.56. The minimum absolute atomic E-state index is 0.524. The van der Waals surface area contributed by atoms with E-state index in [1.165, 1.54) is 5.69 Å². The van der Waals surface area contributed by atoms with Gasteiger partial charge in [-0.1, -0.05) is 50.8 Å². The van der Waals surface area contributed by atoms with E-state index in [0.717, 1.165) is 12.6 Å². The van der Waals surface area contributed by atoms with Crippen molar-refractivity contribution >= 4 is 12.5 Å². The maximum Gasteiger partial charge on any atom is 0.243 e. The average molecular weight is 216 g/mol. The van der Waals surface area contributed by atoms with E-state index in [4.69, 9.17) is 0 Å². The predicted molar refractivity (Wildman–Crippen MR) is 73.6 cm³/mol. The zero-order valence-electron chi connectivity index (χ0n) is 10.5. The Bertz CT molecular complexity index is 307. The molecule has 0 radical (unpaired) electrons. The van der Waals surface area contributed by atoms with Gasteiger partial charge >= 0.3 is 0 Å². The summed E-state index contributed by atoms with van der Waals surface area (Å²) in [6, 6.07) is 10.4. The highest BCUT2D eigenvalue weighted by Crippen LogP contribution is 2.12. The number of benzene rings is 1. The molecule has 0 unspecified atom stereocenters. The van der Waals surface area contributed by atoms with Crippen molar-refractivity contribution < 1.29 is 0 Å². The second-order valence-electron chi connectivity index (χ2n) is 3.83. The van der Waals surface area contributed by atoms with Gasteiger partial charge in [-0.15, -0.1) is 0 Å². The van der Waals surface area contributed by atoms with E-state index in [0.29, 0.717) is 6.85 Å². The van der Waals surface area contributed by atoms with Crippen molar-refractivity contribution in [3.8, 4) is 0 Å². The van der Waals surface area contributed by atoms with Crippen LogP contribution in [0.2, 0.25) is 12.6 Å². The molecule has 0 aliphatic rings. The molecule has 1 aromatic carbocycles. The fourth-order valence-corrected chi connectivity index (χ4v) is 1.61. The Labute approximate surface area is 99.4 Å². The fraction of sp³-hybridized carbons (Fsp3) is 0.385. The Kier molecular flexibility index (Phi) is 5.72. The Morgan fingerprint density at radius 3 is 2.31 bits per heavy atom. The lowest BCUT2D eigenvalue weighted by atomic mass is 9.58. The summed E-state index contributed by atoms with van der Waals surface area (Å²) in [6.07, 6.45) is 6.38. The smallest absolute Gasteiger partial charge is 0.243 e. The van der Waals surface area contributed by atoms with Gasteiger partial charge in [0, 0.05) is 6.20 Å². The maximum absolute atomic E-state index is 3.52. The molecule has 0 saturated heterocycles. The first-order chi connectivity index (χ1) is 7.81. The van der Waals surface area contributed by atoms with Gasteiger partial charge in [-0.25, -0.2) is 0 Å². The van der Waals surface area contributed by atoms with Crippen molar-refractivity contribution in [2.24, 2.45) is 0 Å². The van der Waals surface area contributed by atoms with Crippen molar-refractivity contribution in [2.75, 3.05) is 5.01 Å². The molecule has 0 bridgehead atoms. The molecule has 0 amide bonds. The molecule has 0 atom stereocenters. The summed E-state index contributed by atoms with van der Waals surface area (Å²) in [5, 5.41) is 5.61. The number of rotatable bonds is 6. The molecule has 1 N–H and O–H groups in total. The quantitative estimate of drug-likeness (QED) is 0.577. The van der Waals surface area contributed by atoms with Crippen molar-refractivity contribution in [1.29, 1.82) is 0 Å². The van der Waals surface area contributed by atoms with Crippen LogP contribution in [-0.4, -0.2) is 6.85 Å². The minimum Gasteiger partial charge on any atom is -0.295 e. The van der Waals surface area contributed by atoms with Crippen LogP contribution in [0.25, 0.3) is 0 Å². The molecule has 0 fully saturated rings.